The second kappa shape index (κ2) is 4.47. The van der Waals surface area contributed by atoms with Crippen molar-refractivity contribution in [1.29, 1.82) is 0 Å². The summed E-state index contributed by atoms with van der Waals surface area (Å²) in [5.74, 6) is -1.12. The van der Waals surface area contributed by atoms with Crippen LogP contribution in [0.5, 0.6) is 0 Å². The first-order valence-corrected chi connectivity index (χ1v) is 1.51. The van der Waals surface area contributed by atoms with Crippen LogP contribution in [0.4, 0.5) is 0 Å². The van der Waals surface area contributed by atoms with Crippen LogP contribution in [0.2, 0.25) is 0 Å². The van der Waals surface area contributed by atoms with Crippen molar-refractivity contribution in [3.05, 3.63) is 6.92 Å². The minimum Gasteiger partial charge on any atom is -0.403 e. The summed E-state index contributed by atoms with van der Waals surface area (Å²) in [6.45, 7) is 4.04. The average Bonchev–Trinajstić information content (AvgIpc) is 1.36. The van der Waals surface area contributed by atoms with E-state index in [-0.39, 0.29) is 32.7 Å². The van der Waals surface area contributed by atoms with Crippen LogP contribution in [0.3, 0.4) is 0 Å². The number of hydrogen-bond acceptors (Lipinski definition) is 2. The molecule has 0 heterocycles. The van der Waals surface area contributed by atoms with Crippen molar-refractivity contribution in [3.63, 3.8) is 0 Å². The van der Waals surface area contributed by atoms with E-state index in [2.05, 4.69) is 6.92 Å². The van der Waals surface area contributed by atoms with E-state index in [1.54, 1.807) is 0 Å². The first-order chi connectivity index (χ1) is 2.64. The Morgan fingerprint density at radius 2 is 1.57 bits per heavy atom. The smallest absolute Gasteiger partial charge is 0.0551 e. The molecule has 0 saturated carbocycles. The molecule has 0 atom stereocenters. The van der Waals surface area contributed by atoms with E-state index >= 15 is 0 Å². The van der Waals surface area contributed by atoms with E-state index in [0.29, 0.717) is 0 Å². The number of hydrogen-bond donors (Lipinski definition) is 0. The molecule has 0 aliphatic heterocycles. The topological polar surface area (TPSA) is 34.1 Å². The summed E-state index contributed by atoms with van der Waals surface area (Å²) in [4.78, 5) is 19.4. The fourth-order valence-corrected chi connectivity index (χ4v) is 0. The Balaban J connectivity index is 0. The van der Waals surface area contributed by atoms with Gasteiger partial charge < -0.3 is 9.59 Å². The predicted molar refractivity (Wildman–Crippen MR) is 21.0 cm³/mol. The van der Waals surface area contributed by atoms with Gasteiger partial charge in [-0.25, -0.2) is 0 Å². The Bertz CT molecular complexity index is 75.7. The molecule has 0 spiro atoms. The first kappa shape index (κ1) is 10.3. The summed E-state index contributed by atoms with van der Waals surface area (Å²) in [7, 11) is 0. The Labute approximate surface area is 67.5 Å². The van der Waals surface area contributed by atoms with E-state index < -0.39 is 11.6 Å². The van der Waals surface area contributed by atoms with Gasteiger partial charge in [0, 0.05) is 38.5 Å². The van der Waals surface area contributed by atoms with Crippen molar-refractivity contribution in [2.75, 3.05) is 0 Å². The second-order valence-corrected chi connectivity index (χ2v) is 0.979. The van der Waals surface area contributed by atoms with Gasteiger partial charge in [0.1, 0.15) is 0 Å². The van der Waals surface area contributed by atoms with Crippen molar-refractivity contribution in [3.8, 4) is 0 Å². The van der Waals surface area contributed by atoms with Crippen molar-refractivity contribution in [2.45, 2.75) is 6.92 Å². The summed E-state index contributed by atoms with van der Waals surface area (Å²) in [6, 6.07) is 0. The zero-order chi connectivity index (χ0) is 5.15. The van der Waals surface area contributed by atoms with Crippen LogP contribution < -0.4 is 0 Å². The normalized spacial score (nSPS) is 6.43. The van der Waals surface area contributed by atoms with E-state index in [4.69, 9.17) is 0 Å². The van der Waals surface area contributed by atoms with Crippen LogP contribution in [-0.4, -0.2) is 11.6 Å². The molecule has 0 saturated heterocycles. The Morgan fingerprint density at radius 3 is 1.57 bits per heavy atom. The molecule has 0 aromatic carbocycles. The zero-order valence-electron chi connectivity index (χ0n) is 4.10. The summed E-state index contributed by atoms with van der Waals surface area (Å²) >= 11 is 0. The molecule has 0 amide bonds. The van der Waals surface area contributed by atoms with Gasteiger partial charge in [-0.3, -0.25) is 0 Å². The number of ketones is 2. The summed E-state index contributed by atoms with van der Waals surface area (Å²) in [6.07, 6.45) is 0. The minimum absolute atomic E-state index is 0. The van der Waals surface area contributed by atoms with Crippen molar-refractivity contribution < 1.29 is 42.3 Å². The van der Waals surface area contributed by atoms with Crippen LogP contribution in [0.15, 0.2) is 0 Å². The molecule has 7 heavy (non-hydrogen) atoms. The molecule has 0 aromatic rings. The van der Waals surface area contributed by atoms with Gasteiger partial charge in [0.15, 0.2) is 0 Å². The number of carbonyl (C=O) groups excluding carboxylic acids is 2. The van der Waals surface area contributed by atoms with Crippen LogP contribution >= 0.6 is 0 Å². The quantitative estimate of drug-likeness (QED) is 0.413. The SMILES string of the molecule is [CH2-]C(=O)C(C)=O.[Y]. The monoisotopic (exact) mass is 174 g/mol. The third kappa shape index (κ3) is 6.31. The molecule has 0 N–H and O–H groups in total. The molecule has 2 nitrogen and oxygen atoms in total. The molecule has 0 aromatic heterocycles. The zero-order valence-corrected chi connectivity index (χ0v) is 6.94. The van der Waals surface area contributed by atoms with Crippen LogP contribution in [0.25, 0.3) is 0 Å². The van der Waals surface area contributed by atoms with Crippen molar-refractivity contribution in [1.82, 2.24) is 0 Å². The molecule has 0 unspecified atom stereocenters. The second-order valence-electron chi connectivity index (χ2n) is 0.979. The molecule has 3 heteroatoms. The molecular weight excluding hydrogens is 169 g/mol. The average molecular weight is 174 g/mol. The van der Waals surface area contributed by atoms with Gasteiger partial charge in [0.05, 0.1) is 5.78 Å². The Hall–Kier alpha value is 0.314. The molecule has 0 aliphatic carbocycles. The van der Waals surface area contributed by atoms with Crippen LogP contribution in [-0.2, 0) is 42.3 Å². The van der Waals surface area contributed by atoms with Gasteiger partial charge in [-0.05, 0) is 0 Å². The first-order valence-electron chi connectivity index (χ1n) is 1.51. The maximum absolute atomic E-state index is 9.73. The van der Waals surface area contributed by atoms with Crippen molar-refractivity contribution in [2.24, 2.45) is 0 Å². The van der Waals surface area contributed by atoms with E-state index in [0.717, 1.165) is 0 Å². The molecule has 37 valence electrons. The van der Waals surface area contributed by atoms with Crippen LogP contribution in [0, 0.1) is 6.92 Å². The molecule has 0 rings (SSSR count). The molecular formula is C4H5O2Y-. The van der Waals surface area contributed by atoms with E-state index in [9.17, 15) is 9.59 Å². The predicted octanol–water partition coefficient (Wildman–Crippen LogP) is -0.0239. The fourth-order valence-electron chi connectivity index (χ4n) is 0. The van der Waals surface area contributed by atoms with Gasteiger partial charge >= 0.3 is 0 Å². The van der Waals surface area contributed by atoms with Gasteiger partial charge in [0.25, 0.3) is 0 Å². The van der Waals surface area contributed by atoms with Crippen molar-refractivity contribution >= 4 is 11.6 Å². The molecule has 0 bridgehead atoms. The number of carbonyl (C=O) groups is 2. The van der Waals surface area contributed by atoms with Crippen LogP contribution in [0.1, 0.15) is 6.92 Å². The van der Waals surface area contributed by atoms with Gasteiger partial charge in [-0.2, -0.15) is 6.92 Å². The van der Waals surface area contributed by atoms with E-state index in [1.165, 1.54) is 6.92 Å². The molecule has 0 aliphatic rings. The third-order valence-electron chi connectivity index (χ3n) is 0.393. The standard InChI is InChI=1S/C4H5O2.Y/c1-3(5)4(2)6;/h1H2,2H3;/q-1;. The Morgan fingerprint density at radius 1 is 1.43 bits per heavy atom. The molecule has 0 fully saturated rings. The summed E-state index contributed by atoms with van der Waals surface area (Å²) in [5.41, 5.74) is 0. The maximum atomic E-state index is 9.73. The maximum Gasteiger partial charge on any atom is 0.0551 e. The number of rotatable bonds is 1. The van der Waals surface area contributed by atoms with Gasteiger partial charge in [0.2, 0.25) is 0 Å². The fraction of sp³-hybridized carbons (Fsp3) is 0.250. The van der Waals surface area contributed by atoms with Gasteiger partial charge in [-0.1, -0.05) is 6.92 Å². The summed E-state index contributed by atoms with van der Waals surface area (Å²) < 4.78 is 0. The minimum atomic E-state index is -0.630. The third-order valence-corrected chi connectivity index (χ3v) is 0.393. The van der Waals surface area contributed by atoms with E-state index in [1.807, 2.05) is 0 Å². The van der Waals surface area contributed by atoms with Gasteiger partial charge in [-0.15, -0.1) is 0 Å². The summed E-state index contributed by atoms with van der Waals surface area (Å²) in [5, 5.41) is 0. The number of Topliss-reactive ketones (excluding diaryl/α,β-unsaturated/α-hetero) is 2. The Kier molecular flexibility index (Phi) is 6.60. The largest absolute Gasteiger partial charge is 0.403 e. The molecule has 1 radical (unpaired) electrons.